The maximum absolute atomic E-state index is 4.67. The molecule has 3 nitrogen and oxygen atoms in total. The van der Waals surface area contributed by atoms with Crippen LogP contribution in [-0.2, 0) is 0 Å². The summed E-state index contributed by atoms with van der Waals surface area (Å²) in [6.07, 6.45) is 0. The summed E-state index contributed by atoms with van der Waals surface area (Å²) in [5, 5.41) is 4.24. The van der Waals surface area contributed by atoms with Gasteiger partial charge in [-0.2, -0.15) is 0 Å². The van der Waals surface area contributed by atoms with Gasteiger partial charge in [-0.3, -0.25) is 0 Å². The van der Waals surface area contributed by atoms with Crippen molar-refractivity contribution in [2.75, 3.05) is 12.4 Å². The van der Waals surface area contributed by atoms with E-state index in [2.05, 4.69) is 59.5 Å². The summed E-state index contributed by atoms with van der Waals surface area (Å²) in [5.41, 5.74) is 2.19. The Kier molecular flexibility index (Phi) is 2.95. The minimum absolute atomic E-state index is 0.791. The summed E-state index contributed by atoms with van der Waals surface area (Å²) >= 11 is 1.72. The molecule has 0 unspecified atom stereocenters. The van der Waals surface area contributed by atoms with Gasteiger partial charge >= 0.3 is 0 Å². The second-order valence-electron chi connectivity index (χ2n) is 4.58. The summed E-state index contributed by atoms with van der Waals surface area (Å²) in [6.45, 7) is 4.17. The zero-order valence-electron chi connectivity index (χ0n) is 11.2. The molecule has 2 heterocycles. The Bertz CT molecular complexity index is 746. The van der Waals surface area contributed by atoms with E-state index in [0.29, 0.717) is 0 Å². The van der Waals surface area contributed by atoms with Crippen LogP contribution in [0, 0.1) is 13.8 Å². The van der Waals surface area contributed by atoms with Gasteiger partial charge in [0, 0.05) is 17.3 Å². The number of hydrogen-bond acceptors (Lipinski definition) is 4. The van der Waals surface area contributed by atoms with E-state index in [4.69, 9.17) is 0 Å². The molecule has 2 aromatic heterocycles. The van der Waals surface area contributed by atoms with E-state index in [1.165, 1.54) is 10.4 Å². The summed E-state index contributed by atoms with van der Waals surface area (Å²) in [4.78, 5) is 11.7. The number of hydrogen-bond donors (Lipinski definition) is 1. The molecule has 96 valence electrons. The molecule has 4 heteroatoms. The highest BCUT2D eigenvalue weighted by atomic mass is 32.1. The van der Waals surface area contributed by atoms with E-state index in [0.717, 1.165) is 27.4 Å². The third-order valence-electron chi connectivity index (χ3n) is 3.05. The maximum atomic E-state index is 4.67. The predicted molar refractivity (Wildman–Crippen MR) is 81.9 cm³/mol. The van der Waals surface area contributed by atoms with Gasteiger partial charge < -0.3 is 5.32 Å². The van der Waals surface area contributed by atoms with Crippen LogP contribution >= 0.6 is 11.3 Å². The molecule has 0 saturated heterocycles. The quantitative estimate of drug-likeness (QED) is 0.763. The first-order valence-electron chi connectivity index (χ1n) is 6.20. The van der Waals surface area contributed by atoms with Gasteiger partial charge in [-0.05, 0) is 38.1 Å². The number of aromatic nitrogens is 2. The Hall–Kier alpha value is -1.94. The third-order valence-corrected chi connectivity index (χ3v) is 4.05. The molecule has 3 aromatic rings. The van der Waals surface area contributed by atoms with Crippen LogP contribution in [-0.4, -0.2) is 17.0 Å². The Morgan fingerprint density at radius 1 is 1.05 bits per heavy atom. The van der Waals surface area contributed by atoms with Gasteiger partial charge in [0.25, 0.3) is 0 Å². The third kappa shape index (κ3) is 2.19. The van der Waals surface area contributed by atoms with Crippen LogP contribution < -0.4 is 5.32 Å². The van der Waals surface area contributed by atoms with Crippen molar-refractivity contribution in [1.82, 2.24) is 9.97 Å². The van der Waals surface area contributed by atoms with Crippen LogP contribution in [0.25, 0.3) is 21.6 Å². The average molecular weight is 269 g/mol. The first-order chi connectivity index (χ1) is 9.17. The second kappa shape index (κ2) is 4.63. The Balaban J connectivity index is 2.25. The molecule has 3 rings (SSSR count). The number of nitrogens with zero attached hydrogens (tertiary/aromatic N) is 2. The number of anilines is 1. The van der Waals surface area contributed by atoms with Gasteiger partial charge in [-0.1, -0.05) is 11.6 Å². The zero-order valence-corrected chi connectivity index (χ0v) is 12.0. The first kappa shape index (κ1) is 12.1. The fourth-order valence-electron chi connectivity index (χ4n) is 2.10. The van der Waals surface area contributed by atoms with Crippen molar-refractivity contribution in [2.45, 2.75) is 13.8 Å². The minimum Gasteiger partial charge on any atom is -0.373 e. The smallest absolute Gasteiger partial charge is 0.172 e. The highest BCUT2D eigenvalue weighted by molar-refractivity contribution is 7.15. The average Bonchev–Trinajstić information content (AvgIpc) is 2.84. The van der Waals surface area contributed by atoms with Gasteiger partial charge in [-0.25, -0.2) is 9.97 Å². The largest absolute Gasteiger partial charge is 0.373 e. The highest BCUT2D eigenvalue weighted by Crippen LogP contribution is 2.29. The van der Waals surface area contributed by atoms with Gasteiger partial charge in [0.15, 0.2) is 5.82 Å². The van der Waals surface area contributed by atoms with E-state index in [-0.39, 0.29) is 0 Å². The lowest BCUT2D eigenvalue weighted by Crippen LogP contribution is -1.98. The molecule has 1 N–H and O–H groups in total. The molecule has 0 spiro atoms. The molecule has 0 bridgehead atoms. The molecule has 0 aliphatic carbocycles. The number of aryl methyl sites for hydroxylation is 2. The van der Waals surface area contributed by atoms with Crippen molar-refractivity contribution in [2.24, 2.45) is 0 Å². The van der Waals surface area contributed by atoms with Gasteiger partial charge in [0.1, 0.15) is 5.82 Å². The Morgan fingerprint density at radius 3 is 2.58 bits per heavy atom. The molecule has 0 atom stereocenters. The molecule has 19 heavy (non-hydrogen) atoms. The monoisotopic (exact) mass is 269 g/mol. The number of rotatable bonds is 2. The van der Waals surface area contributed by atoms with Crippen LogP contribution in [0.2, 0.25) is 0 Å². The normalized spacial score (nSPS) is 10.9. The standard InChI is InChI=1S/C15H15N3S/c1-9-4-6-12-11(8-9)14(16-3)18-15(17-12)13-7-5-10(2)19-13/h4-8H,1-3H3,(H,16,17,18). The molecular weight excluding hydrogens is 254 g/mol. The lowest BCUT2D eigenvalue weighted by molar-refractivity contribution is 1.22. The van der Waals surface area contributed by atoms with E-state index < -0.39 is 0 Å². The molecule has 0 aliphatic rings. The second-order valence-corrected chi connectivity index (χ2v) is 5.86. The summed E-state index contributed by atoms with van der Waals surface area (Å²) in [6, 6.07) is 10.4. The predicted octanol–water partition coefficient (Wildman–Crippen LogP) is 4.02. The van der Waals surface area contributed by atoms with Crippen LogP contribution in [0.3, 0.4) is 0 Å². The van der Waals surface area contributed by atoms with E-state index in [9.17, 15) is 0 Å². The highest BCUT2D eigenvalue weighted by Gasteiger charge is 2.10. The van der Waals surface area contributed by atoms with Crippen molar-refractivity contribution >= 4 is 28.1 Å². The fraction of sp³-hybridized carbons (Fsp3) is 0.200. The van der Waals surface area contributed by atoms with Crippen molar-refractivity contribution in [3.8, 4) is 10.7 Å². The number of nitrogens with one attached hydrogen (secondary N) is 1. The lowest BCUT2D eigenvalue weighted by atomic mass is 10.1. The topological polar surface area (TPSA) is 37.8 Å². The van der Waals surface area contributed by atoms with Crippen LogP contribution in [0.15, 0.2) is 30.3 Å². The molecule has 1 aromatic carbocycles. The fourth-order valence-corrected chi connectivity index (χ4v) is 2.90. The van der Waals surface area contributed by atoms with Gasteiger partial charge in [0.2, 0.25) is 0 Å². The zero-order chi connectivity index (χ0) is 13.4. The van der Waals surface area contributed by atoms with Crippen molar-refractivity contribution < 1.29 is 0 Å². The van der Waals surface area contributed by atoms with E-state index >= 15 is 0 Å². The molecule has 0 amide bonds. The SMILES string of the molecule is CNc1nc(-c2ccc(C)s2)nc2ccc(C)cc12. The molecule has 0 saturated carbocycles. The molecule has 0 aliphatic heterocycles. The van der Waals surface area contributed by atoms with E-state index in [1.54, 1.807) is 11.3 Å². The Labute approximate surface area is 116 Å². The number of fused-ring (bicyclic) bond motifs is 1. The Morgan fingerprint density at radius 2 is 1.89 bits per heavy atom. The molecule has 0 fully saturated rings. The van der Waals surface area contributed by atoms with Gasteiger partial charge in [-0.15, -0.1) is 11.3 Å². The van der Waals surface area contributed by atoms with Crippen LogP contribution in [0.5, 0.6) is 0 Å². The summed E-state index contributed by atoms with van der Waals surface area (Å²) in [5.74, 6) is 1.67. The van der Waals surface area contributed by atoms with E-state index in [1.807, 2.05) is 7.05 Å². The summed E-state index contributed by atoms with van der Waals surface area (Å²) in [7, 11) is 1.90. The summed E-state index contributed by atoms with van der Waals surface area (Å²) < 4.78 is 0. The lowest BCUT2D eigenvalue weighted by Gasteiger charge is -2.07. The van der Waals surface area contributed by atoms with Crippen molar-refractivity contribution in [3.05, 3.63) is 40.8 Å². The number of thiophene rings is 1. The van der Waals surface area contributed by atoms with Gasteiger partial charge in [0.05, 0.1) is 10.4 Å². The molecular formula is C15H15N3S. The van der Waals surface area contributed by atoms with Crippen LogP contribution in [0.4, 0.5) is 5.82 Å². The van der Waals surface area contributed by atoms with Crippen molar-refractivity contribution in [1.29, 1.82) is 0 Å². The first-order valence-corrected chi connectivity index (χ1v) is 7.02. The molecule has 0 radical (unpaired) electrons. The maximum Gasteiger partial charge on any atom is 0.172 e. The van der Waals surface area contributed by atoms with Crippen molar-refractivity contribution in [3.63, 3.8) is 0 Å². The minimum atomic E-state index is 0.791. The van der Waals surface area contributed by atoms with Crippen LogP contribution in [0.1, 0.15) is 10.4 Å². The number of benzene rings is 1.